The van der Waals surface area contributed by atoms with Crippen LogP contribution >= 0.6 is 0 Å². The van der Waals surface area contributed by atoms with Crippen molar-refractivity contribution in [2.24, 2.45) is 0 Å². The maximum Gasteiger partial charge on any atom is 0.160 e. The second-order valence-corrected chi connectivity index (χ2v) is 12.1. The molecule has 9 rings (SSSR count). The maximum atomic E-state index is 5.13. The fourth-order valence-corrected chi connectivity index (χ4v) is 6.71. The number of hydrogen-bond donors (Lipinski definition) is 0. The second kappa shape index (κ2) is 11.7. The van der Waals surface area contributed by atoms with Crippen molar-refractivity contribution >= 4 is 32.6 Å². The highest BCUT2D eigenvalue weighted by atomic mass is 14.9. The number of fused-ring (bicyclic) bond motifs is 4. The van der Waals surface area contributed by atoms with Crippen molar-refractivity contribution in [1.82, 2.24) is 15.0 Å². The molecule has 0 saturated heterocycles. The first-order valence-corrected chi connectivity index (χ1v) is 16.2. The van der Waals surface area contributed by atoms with Crippen molar-refractivity contribution < 1.29 is 0 Å². The zero-order valence-electron chi connectivity index (χ0n) is 26.1. The van der Waals surface area contributed by atoms with Crippen molar-refractivity contribution in [2.75, 3.05) is 0 Å². The van der Waals surface area contributed by atoms with Crippen molar-refractivity contribution in [3.63, 3.8) is 0 Å². The molecule has 3 nitrogen and oxygen atoms in total. The van der Waals surface area contributed by atoms with Crippen LogP contribution in [0.15, 0.2) is 176 Å². The zero-order chi connectivity index (χ0) is 31.9. The third-order valence-corrected chi connectivity index (χ3v) is 9.15. The maximum absolute atomic E-state index is 5.13. The minimum absolute atomic E-state index is 0.715. The van der Waals surface area contributed by atoms with E-state index in [9.17, 15) is 0 Å². The van der Waals surface area contributed by atoms with E-state index in [-0.39, 0.29) is 0 Å². The summed E-state index contributed by atoms with van der Waals surface area (Å²) < 4.78 is 0. The lowest BCUT2D eigenvalue weighted by Crippen LogP contribution is -1.95. The second-order valence-electron chi connectivity index (χ2n) is 12.1. The fourth-order valence-electron chi connectivity index (χ4n) is 6.71. The Bertz CT molecular complexity index is 2590. The van der Waals surface area contributed by atoms with Gasteiger partial charge in [0.05, 0.1) is 16.7 Å². The molecule has 2 heterocycles. The van der Waals surface area contributed by atoms with Crippen LogP contribution in [0.4, 0.5) is 0 Å². The Morgan fingerprint density at radius 3 is 1.85 bits per heavy atom. The number of benzene rings is 7. The molecule has 0 unspecified atom stereocenters. The summed E-state index contributed by atoms with van der Waals surface area (Å²) in [5.74, 6) is 0.715. The molecule has 3 heteroatoms. The van der Waals surface area contributed by atoms with Crippen molar-refractivity contribution in [3.05, 3.63) is 176 Å². The number of nitrogens with zero attached hydrogens (tertiary/aromatic N) is 3. The van der Waals surface area contributed by atoms with Crippen LogP contribution in [0.5, 0.6) is 0 Å². The number of aromatic nitrogens is 3. The predicted octanol–water partition coefficient (Wildman–Crippen LogP) is 11.7. The molecule has 0 aliphatic heterocycles. The molecule has 0 amide bonds. The molecular weight excluding hydrogens is 583 g/mol. The van der Waals surface area contributed by atoms with Gasteiger partial charge in [-0.2, -0.15) is 0 Å². The Morgan fingerprint density at radius 2 is 1.00 bits per heavy atom. The summed E-state index contributed by atoms with van der Waals surface area (Å²) in [6, 6.07) is 59.7. The van der Waals surface area contributed by atoms with Crippen molar-refractivity contribution in [2.45, 2.75) is 0 Å². The summed E-state index contributed by atoms with van der Waals surface area (Å²) in [5.41, 5.74) is 12.0. The molecule has 0 radical (unpaired) electrons. The quantitative estimate of drug-likeness (QED) is 0.182. The SMILES string of the molecule is c1ccc(-c2ccc(-c3nc(-c4ccc(-c5cccc(-c6cccc7c6ccc6cccnc67)c5)cc4)nc4ccccc34)cc2)cc1. The van der Waals surface area contributed by atoms with Crippen LogP contribution < -0.4 is 0 Å². The highest BCUT2D eigenvalue weighted by Gasteiger charge is 2.13. The van der Waals surface area contributed by atoms with Gasteiger partial charge in [-0.25, -0.2) is 9.97 Å². The molecule has 0 N–H and O–H groups in total. The number of hydrogen-bond acceptors (Lipinski definition) is 3. The van der Waals surface area contributed by atoms with Crippen molar-refractivity contribution in [1.29, 1.82) is 0 Å². The van der Waals surface area contributed by atoms with E-state index in [1.165, 1.54) is 33.0 Å². The molecule has 224 valence electrons. The van der Waals surface area contributed by atoms with Gasteiger partial charge < -0.3 is 0 Å². The molecule has 0 spiro atoms. The topological polar surface area (TPSA) is 38.7 Å². The Kier molecular flexibility index (Phi) is 6.80. The lowest BCUT2D eigenvalue weighted by molar-refractivity contribution is 1.23. The lowest BCUT2D eigenvalue weighted by Gasteiger charge is -2.12. The first-order valence-electron chi connectivity index (χ1n) is 16.2. The Hall–Kier alpha value is -6.45. The van der Waals surface area contributed by atoms with Gasteiger partial charge >= 0.3 is 0 Å². The van der Waals surface area contributed by atoms with E-state index in [0.717, 1.165) is 49.8 Å². The van der Waals surface area contributed by atoms with Gasteiger partial charge in [-0.15, -0.1) is 0 Å². The van der Waals surface area contributed by atoms with Gasteiger partial charge in [-0.3, -0.25) is 4.98 Å². The van der Waals surface area contributed by atoms with Gasteiger partial charge in [0, 0.05) is 33.5 Å². The molecule has 0 aliphatic carbocycles. The van der Waals surface area contributed by atoms with Gasteiger partial charge in [-0.1, -0.05) is 152 Å². The summed E-state index contributed by atoms with van der Waals surface area (Å²) in [6.07, 6.45) is 1.87. The van der Waals surface area contributed by atoms with Crippen LogP contribution in [0.1, 0.15) is 0 Å². The Morgan fingerprint density at radius 1 is 0.354 bits per heavy atom. The van der Waals surface area contributed by atoms with Crippen LogP contribution in [0.3, 0.4) is 0 Å². The third-order valence-electron chi connectivity index (χ3n) is 9.15. The van der Waals surface area contributed by atoms with E-state index < -0.39 is 0 Å². The molecular formula is C45H29N3. The van der Waals surface area contributed by atoms with E-state index in [1.54, 1.807) is 0 Å². The van der Waals surface area contributed by atoms with Gasteiger partial charge in [0.25, 0.3) is 0 Å². The van der Waals surface area contributed by atoms with E-state index >= 15 is 0 Å². The number of pyridine rings is 1. The van der Waals surface area contributed by atoms with Gasteiger partial charge in [-0.05, 0) is 57.0 Å². The summed E-state index contributed by atoms with van der Waals surface area (Å²) in [5, 5.41) is 4.57. The largest absolute Gasteiger partial charge is 0.256 e. The van der Waals surface area contributed by atoms with E-state index in [4.69, 9.17) is 9.97 Å². The number of para-hydroxylation sites is 1. The minimum Gasteiger partial charge on any atom is -0.256 e. The van der Waals surface area contributed by atoms with Crippen LogP contribution in [-0.4, -0.2) is 15.0 Å². The van der Waals surface area contributed by atoms with E-state index in [2.05, 4.69) is 151 Å². The molecule has 0 fully saturated rings. The lowest BCUT2D eigenvalue weighted by atomic mass is 9.94. The standard InChI is InChI=1S/C45H29N3/c1-2-9-30(10-3-1)31-18-22-34(23-19-31)44-41-14-4-5-17-42(41)47-45(48-44)35-24-20-32(21-25-35)36-11-6-12-37(29-36)38-15-7-16-40-39(38)27-26-33-13-8-28-46-43(33)40/h1-29H. The van der Waals surface area contributed by atoms with Crippen molar-refractivity contribution in [3.8, 4) is 56.0 Å². The molecule has 9 aromatic rings. The van der Waals surface area contributed by atoms with E-state index in [1.807, 2.05) is 30.5 Å². The molecule has 0 aliphatic rings. The third kappa shape index (κ3) is 4.99. The zero-order valence-corrected chi connectivity index (χ0v) is 26.1. The average Bonchev–Trinajstić information content (AvgIpc) is 3.17. The summed E-state index contributed by atoms with van der Waals surface area (Å²) in [6.45, 7) is 0. The predicted molar refractivity (Wildman–Crippen MR) is 200 cm³/mol. The van der Waals surface area contributed by atoms with Crippen LogP contribution in [0, 0.1) is 0 Å². The van der Waals surface area contributed by atoms with Gasteiger partial charge in [0.2, 0.25) is 0 Å². The number of rotatable bonds is 5. The van der Waals surface area contributed by atoms with Crippen LogP contribution in [-0.2, 0) is 0 Å². The Balaban J connectivity index is 1.07. The summed E-state index contributed by atoms with van der Waals surface area (Å²) in [7, 11) is 0. The summed E-state index contributed by atoms with van der Waals surface area (Å²) in [4.78, 5) is 14.8. The van der Waals surface area contributed by atoms with Gasteiger partial charge in [0.15, 0.2) is 5.82 Å². The first kappa shape index (κ1) is 27.8. The summed E-state index contributed by atoms with van der Waals surface area (Å²) >= 11 is 0. The molecule has 0 atom stereocenters. The smallest absolute Gasteiger partial charge is 0.160 e. The highest BCUT2D eigenvalue weighted by Crippen LogP contribution is 2.35. The van der Waals surface area contributed by atoms with E-state index in [0.29, 0.717) is 5.82 Å². The minimum atomic E-state index is 0.715. The first-order chi connectivity index (χ1) is 23.8. The molecule has 2 aromatic heterocycles. The van der Waals surface area contributed by atoms with Gasteiger partial charge in [0.1, 0.15) is 0 Å². The normalized spacial score (nSPS) is 11.3. The average molecular weight is 612 g/mol. The highest BCUT2D eigenvalue weighted by molar-refractivity contribution is 6.10. The molecule has 0 saturated carbocycles. The molecule has 7 aromatic carbocycles. The molecule has 48 heavy (non-hydrogen) atoms. The molecule has 0 bridgehead atoms. The fraction of sp³-hybridized carbons (Fsp3) is 0. The monoisotopic (exact) mass is 611 g/mol. The van der Waals surface area contributed by atoms with Crippen LogP contribution in [0.2, 0.25) is 0 Å². The Labute approximate surface area is 278 Å². The van der Waals surface area contributed by atoms with Crippen LogP contribution in [0.25, 0.3) is 88.6 Å².